The molecule has 0 amide bonds. The topological polar surface area (TPSA) is 55.2 Å². The number of imidazole rings is 1. The molecule has 0 N–H and O–H groups in total. The predicted octanol–water partition coefficient (Wildman–Crippen LogP) is 5.00. The molecule has 1 heterocycles. The van der Waals surface area contributed by atoms with Crippen LogP contribution in [-0.2, 0) is 23.0 Å². The number of anilines is 1. The van der Waals surface area contributed by atoms with Crippen LogP contribution in [0.15, 0.2) is 53.4 Å². The summed E-state index contributed by atoms with van der Waals surface area (Å²) in [7, 11) is -1.99. The van der Waals surface area contributed by atoms with Crippen LogP contribution in [0.4, 0.5) is 5.69 Å². The first-order valence-corrected chi connectivity index (χ1v) is 12.0. The fourth-order valence-corrected chi connectivity index (χ4v) is 5.56. The Kier molecular flexibility index (Phi) is 5.63. The van der Waals surface area contributed by atoms with Crippen molar-refractivity contribution < 1.29 is 8.42 Å². The highest BCUT2D eigenvalue weighted by Gasteiger charge is 2.23. The Bertz CT molecular complexity index is 1080. The lowest BCUT2D eigenvalue weighted by molar-refractivity contribution is 0.319. The van der Waals surface area contributed by atoms with Gasteiger partial charge in [-0.15, -0.1) is 0 Å². The Morgan fingerprint density at radius 1 is 1.07 bits per heavy atom. The van der Waals surface area contributed by atoms with Crippen LogP contribution < -0.4 is 4.31 Å². The minimum atomic E-state index is -3.59. The van der Waals surface area contributed by atoms with E-state index in [1.807, 2.05) is 24.3 Å². The number of benzene rings is 2. The molecule has 2 aromatic carbocycles. The van der Waals surface area contributed by atoms with Gasteiger partial charge in [0.15, 0.2) is 0 Å². The standard InChI is InChI=1S/C23H29N3O2S/c1-3-23-24-21-16-19(25(2)29(27,28)20-12-8-5-9-13-20)14-15-22(21)26(23)17-18-10-6-4-7-11-18/h5,8-9,12-16,18H,3-4,6-7,10-11,17H2,1-2H3. The van der Waals surface area contributed by atoms with Gasteiger partial charge in [-0.2, -0.15) is 0 Å². The maximum Gasteiger partial charge on any atom is 0.264 e. The molecule has 154 valence electrons. The molecule has 5 nitrogen and oxygen atoms in total. The fraction of sp³-hybridized carbons (Fsp3) is 0.435. The van der Waals surface area contributed by atoms with Gasteiger partial charge in [0.05, 0.1) is 21.6 Å². The van der Waals surface area contributed by atoms with Crippen molar-refractivity contribution in [3.63, 3.8) is 0 Å². The summed E-state index contributed by atoms with van der Waals surface area (Å²) in [6, 6.07) is 14.4. The van der Waals surface area contributed by atoms with Gasteiger partial charge in [0.1, 0.15) is 5.82 Å². The molecule has 0 atom stereocenters. The summed E-state index contributed by atoms with van der Waals surface area (Å²) in [5.41, 5.74) is 2.60. The SMILES string of the molecule is CCc1nc2cc(N(C)S(=O)(=O)c3ccccc3)ccc2n1CC1CCCCC1. The van der Waals surface area contributed by atoms with E-state index in [4.69, 9.17) is 4.98 Å². The van der Waals surface area contributed by atoms with Crippen LogP contribution >= 0.6 is 0 Å². The molecular weight excluding hydrogens is 382 g/mol. The molecule has 1 aliphatic carbocycles. The number of fused-ring (bicyclic) bond motifs is 1. The van der Waals surface area contributed by atoms with Crippen molar-refractivity contribution >= 4 is 26.7 Å². The van der Waals surface area contributed by atoms with E-state index in [-0.39, 0.29) is 0 Å². The van der Waals surface area contributed by atoms with Crippen LogP contribution in [0.3, 0.4) is 0 Å². The second-order valence-corrected chi connectivity index (χ2v) is 9.92. The molecule has 1 aromatic heterocycles. The fourth-order valence-electron chi connectivity index (χ4n) is 4.35. The lowest BCUT2D eigenvalue weighted by Gasteiger charge is -2.23. The van der Waals surface area contributed by atoms with Gasteiger partial charge in [-0.1, -0.05) is 44.4 Å². The summed E-state index contributed by atoms with van der Waals surface area (Å²) in [4.78, 5) is 5.13. The number of hydrogen-bond acceptors (Lipinski definition) is 3. The largest absolute Gasteiger partial charge is 0.328 e. The maximum atomic E-state index is 13.0. The predicted molar refractivity (Wildman–Crippen MR) is 118 cm³/mol. The van der Waals surface area contributed by atoms with Crippen molar-refractivity contribution in [1.82, 2.24) is 9.55 Å². The summed E-state index contributed by atoms with van der Waals surface area (Å²) in [6.07, 6.45) is 7.45. The molecule has 0 aliphatic heterocycles. The van der Waals surface area contributed by atoms with Crippen LogP contribution in [0.25, 0.3) is 11.0 Å². The van der Waals surface area contributed by atoms with Crippen LogP contribution in [0.5, 0.6) is 0 Å². The van der Waals surface area contributed by atoms with Crippen molar-refractivity contribution in [1.29, 1.82) is 0 Å². The minimum absolute atomic E-state index is 0.291. The molecular formula is C23H29N3O2S. The Morgan fingerprint density at radius 3 is 2.48 bits per heavy atom. The van der Waals surface area contributed by atoms with Gasteiger partial charge >= 0.3 is 0 Å². The smallest absolute Gasteiger partial charge is 0.264 e. The van der Waals surface area contributed by atoms with Gasteiger partial charge in [-0.25, -0.2) is 13.4 Å². The molecule has 0 radical (unpaired) electrons. The Morgan fingerprint density at radius 2 is 1.79 bits per heavy atom. The van der Waals surface area contributed by atoms with Crippen LogP contribution in [0.2, 0.25) is 0 Å². The van der Waals surface area contributed by atoms with Crippen LogP contribution in [0.1, 0.15) is 44.9 Å². The summed E-state index contributed by atoms with van der Waals surface area (Å²) in [5, 5.41) is 0. The molecule has 1 saturated carbocycles. The van der Waals surface area contributed by atoms with E-state index in [0.717, 1.165) is 29.8 Å². The third-order valence-electron chi connectivity index (χ3n) is 6.06. The third-order valence-corrected chi connectivity index (χ3v) is 7.86. The van der Waals surface area contributed by atoms with Crippen LogP contribution in [0, 0.1) is 5.92 Å². The Balaban J connectivity index is 1.67. The van der Waals surface area contributed by atoms with Gasteiger partial charge in [0.2, 0.25) is 0 Å². The van der Waals surface area contributed by atoms with Gasteiger partial charge < -0.3 is 4.57 Å². The van der Waals surface area contributed by atoms with E-state index in [1.54, 1.807) is 31.3 Å². The summed E-state index contributed by atoms with van der Waals surface area (Å²) in [6.45, 7) is 3.14. The molecule has 6 heteroatoms. The maximum absolute atomic E-state index is 13.0. The van der Waals surface area contributed by atoms with E-state index in [0.29, 0.717) is 16.5 Å². The quantitative estimate of drug-likeness (QED) is 0.573. The second kappa shape index (κ2) is 8.19. The van der Waals surface area contributed by atoms with E-state index < -0.39 is 10.0 Å². The summed E-state index contributed by atoms with van der Waals surface area (Å²) < 4.78 is 29.6. The summed E-state index contributed by atoms with van der Waals surface area (Å²) >= 11 is 0. The zero-order valence-corrected chi connectivity index (χ0v) is 18.0. The van der Waals surface area contributed by atoms with Crippen molar-refractivity contribution in [3.05, 3.63) is 54.4 Å². The number of nitrogens with zero attached hydrogens (tertiary/aromatic N) is 3. The van der Waals surface area contributed by atoms with Crippen molar-refractivity contribution in [2.75, 3.05) is 11.4 Å². The first-order chi connectivity index (χ1) is 14.0. The van der Waals surface area contributed by atoms with Gasteiger partial charge in [0, 0.05) is 20.0 Å². The molecule has 0 unspecified atom stereocenters. The number of sulfonamides is 1. The van der Waals surface area contributed by atoms with Gasteiger partial charge in [-0.3, -0.25) is 4.31 Å². The molecule has 1 fully saturated rings. The molecule has 3 aromatic rings. The minimum Gasteiger partial charge on any atom is -0.328 e. The molecule has 1 aliphatic rings. The normalized spacial score (nSPS) is 15.7. The average molecular weight is 412 g/mol. The van der Waals surface area contributed by atoms with E-state index in [9.17, 15) is 8.42 Å². The molecule has 29 heavy (non-hydrogen) atoms. The molecule has 0 saturated heterocycles. The van der Waals surface area contributed by atoms with E-state index in [1.165, 1.54) is 36.4 Å². The summed E-state index contributed by atoms with van der Waals surface area (Å²) in [5.74, 6) is 1.79. The van der Waals surface area contributed by atoms with E-state index >= 15 is 0 Å². The number of hydrogen-bond donors (Lipinski definition) is 0. The molecule has 4 rings (SSSR count). The van der Waals surface area contributed by atoms with Crippen LogP contribution in [-0.4, -0.2) is 25.0 Å². The highest BCUT2D eigenvalue weighted by atomic mass is 32.2. The number of aromatic nitrogens is 2. The Labute approximate surface area is 173 Å². The van der Waals surface area contributed by atoms with Crippen molar-refractivity contribution in [3.8, 4) is 0 Å². The van der Waals surface area contributed by atoms with E-state index in [2.05, 4.69) is 11.5 Å². The van der Waals surface area contributed by atoms with Crippen molar-refractivity contribution in [2.24, 2.45) is 5.92 Å². The number of rotatable bonds is 6. The zero-order chi connectivity index (χ0) is 20.4. The van der Waals surface area contributed by atoms with Gasteiger partial charge in [0.25, 0.3) is 10.0 Å². The molecule has 0 bridgehead atoms. The first kappa shape index (κ1) is 20.0. The second-order valence-electron chi connectivity index (χ2n) is 7.95. The van der Waals surface area contributed by atoms with Gasteiger partial charge in [-0.05, 0) is 49.1 Å². The number of aryl methyl sites for hydroxylation is 1. The Hall–Kier alpha value is -2.34. The average Bonchev–Trinajstić information content (AvgIpc) is 3.11. The first-order valence-electron chi connectivity index (χ1n) is 10.5. The zero-order valence-electron chi connectivity index (χ0n) is 17.2. The third kappa shape index (κ3) is 3.90. The lowest BCUT2D eigenvalue weighted by atomic mass is 9.89. The highest BCUT2D eigenvalue weighted by molar-refractivity contribution is 7.92. The highest BCUT2D eigenvalue weighted by Crippen LogP contribution is 2.30. The lowest BCUT2D eigenvalue weighted by Crippen LogP contribution is -2.26. The monoisotopic (exact) mass is 411 g/mol. The van der Waals surface area contributed by atoms with Crippen molar-refractivity contribution in [2.45, 2.75) is 56.9 Å². The molecule has 0 spiro atoms.